The third-order valence-electron chi connectivity index (χ3n) is 4.50. The zero-order valence-corrected chi connectivity index (χ0v) is 20.0. The zero-order valence-electron chi connectivity index (χ0n) is 17.7. The Labute approximate surface area is 192 Å². The molecule has 2 aromatic rings. The molecule has 0 aliphatic heterocycles. The number of hydrogen-bond acceptors (Lipinski definition) is 5. The minimum absolute atomic E-state index is 0.0785. The van der Waals surface area contributed by atoms with Gasteiger partial charge in [-0.1, -0.05) is 31.5 Å². The van der Waals surface area contributed by atoms with Gasteiger partial charge in [-0.25, -0.2) is 8.42 Å². The number of sulfonamides is 1. The predicted molar refractivity (Wildman–Crippen MR) is 126 cm³/mol. The second-order valence-corrected chi connectivity index (χ2v) is 9.23. The summed E-state index contributed by atoms with van der Waals surface area (Å²) < 4.78 is 32.1. The van der Waals surface area contributed by atoms with Crippen molar-refractivity contribution in [3.63, 3.8) is 0 Å². The van der Waals surface area contributed by atoms with Crippen LogP contribution in [0, 0.1) is 6.92 Å². The second-order valence-electron chi connectivity index (χ2n) is 6.44. The third-order valence-corrected chi connectivity index (χ3v) is 6.98. The quantitative estimate of drug-likeness (QED) is 0.409. The van der Waals surface area contributed by atoms with E-state index in [0.717, 1.165) is 5.56 Å². The number of aryl methyl sites for hydroxylation is 1. The Balaban J connectivity index is 2.12. The van der Waals surface area contributed by atoms with Gasteiger partial charge in [0.15, 0.2) is 5.11 Å². The molecule has 0 spiro atoms. The number of rotatable bonds is 7. The van der Waals surface area contributed by atoms with Crippen molar-refractivity contribution in [2.75, 3.05) is 25.5 Å². The molecule has 1 amide bonds. The fourth-order valence-corrected chi connectivity index (χ4v) is 4.62. The molecule has 2 aromatic carbocycles. The molecule has 0 bridgehead atoms. The van der Waals surface area contributed by atoms with Crippen LogP contribution in [0.2, 0.25) is 5.02 Å². The molecular formula is C20H25ClN4O4S2. The summed E-state index contributed by atoms with van der Waals surface area (Å²) >= 11 is 11.2. The van der Waals surface area contributed by atoms with Crippen LogP contribution >= 0.6 is 23.8 Å². The van der Waals surface area contributed by atoms with Gasteiger partial charge in [-0.05, 0) is 55.0 Å². The van der Waals surface area contributed by atoms with Crippen molar-refractivity contribution < 1.29 is 17.9 Å². The highest BCUT2D eigenvalue weighted by atomic mass is 35.5. The Morgan fingerprint density at radius 3 is 2.42 bits per heavy atom. The molecule has 0 aliphatic rings. The van der Waals surface area contributed by atoms with Crippen LogP contribution in [0.15, 0.2) is 41.3 Å². The van der Waals surface area contributed by atoms with Gasteiger partial charge in [0.05, 0.1) is 17.6 Å². The van der Waals surface area contributed by atoms with Crippen LogP contribution in [-0.2, 0) is 10.0 Å². The summed E-state index contributed by atoms with van der Waals surface area (Å²) in [5.74, 6) is -0.147. The zero-order chi connectivity index (χ0) is 23.2. The van der Waals surface area contributed by atoms with E-state index in [2.05, 4.69) is 16.2 Å². The van der Waals surface area contributed by atoms with Crippen LogP contribution in [-0.4, -0.2) is 43.9 Å². The first kappa shape index (κ1) is 24.9. The molecule has 0 atom stereocenters. The highest BCUT2D eigenvalue weighted by Gasteiger charge is 2.22. The van der Waals surface area contributed by atoms with Gasteiger partial charge in [0.25, 0.3) is 5.91 Å². The predicted octanol–water partition coefficient (Wildman–Crippen LogP) is 3.32. The number of ether oxygens (including phenoxy) is 1. The number of hydrazine groups is 1. The van der Waals surface area contributed by atoms with Gasteiger partial charge in [0.2, 0.25) is 10.0 Å². The van der Waals surface area contributed by atoms with Crippen LogP contribution in [0.1, 0.15) is 29.8 Å². The molecule has 168 valence electrons. The maximum Gasteiger partial charge on any atom is 0.273 e. The van der Waals surface area contributed by atoms with E-state index in [-0.39, 0.29) is 15.6 Å². The van der Waals surface area contributed by atoms with Crippen LogP contribution < -0.4 is 20.9 Å². The Hall–Kier alpha value is -2.40. The Kier molecular flexibility index (Phi) is 8.63. The fraction of sp³-hybridized carbons (Fsp3) is 0.300. The Morgan fingerprint density at radius 1 is 1.13 bits per heavy atom. The number of carbonyl (C=O) groups is 1. The molecule has 0 aliphatic carbocycles. The number of thiocarbonyl (C=S) groups is 1. The van der Waals surface area contributed by atoms with Crippen molar-refractivity contribution >= 4 is 50.5 Å². The minimum atomic E-state index is -3.62. The van der Waals surface area contributed by atoms with E-state index in [4.69, 9.17) is 28.6 Å². The lowest BCUT2D eigenvalue weighted by Crippen LogP contribution is -2.44. The molecule has 0 saturated carbocycles. The summed E-state index contributed by atoms with van der Waals surface area (Å²) in [5, 5.41) is 3.37. The number of nitrogens with zero attached hydrogens (tertiary/aromatic N) is 1. The SMILES string of the molecule is CCN(CC)S(=O)(=O)c1ccc(C)c(NC(=S)NNC(=O)c2cc(Cl)ccc2OC)c1. The number of nitrogens with one attached hydrogen (secondary N) is 3. The maximum absolute atomic E-state index is 12.8. The molecular weight excluding hydrogens is 460 g/mol. The topological polar surface area (TPSA) is 99.8 Å². The number of carbonyl (C=O) groups excluding carboxylic acids is 1. The number of benzene rings is 2. The average molecular weight is 485 g/mol. The number of anilines is 1. The Morgan fingerprint density at radius 2 is 1.81 bits per heavy atom. The van der Waals surface area contributed by atoms with E-state index in [0.29, 0.717) is 29.5 Å². The number of halogens is 1. The van der Waals surface area contributed by atoms with Gasteiger partial charge in [-0.2, -0.15) is 4.31 Å². The standard InChI is InChI=1S/C20H25ClN4O4S2/c1-5-25(6-2)31(27,28)15-9-7-13(3)17(12-15)22-20(30)24-23-19(26)16-11-14(21)8-10-18(16)29-4/h7-12H,5-6H2,1-4H3,(H,23,26)(H2,22,24,30). The van der Waals surface area contributed by atoms with Crippen LogP contribution in [0.25, 0.3) is 0 Å². The number of amides is 1. The summed E-state index contributed by atoms with van der Waals surface area (Å²) in [7, 11) is -2.17. The summed E-state index contributed by atoms with van der Waals surface area (Å²) in [6.45, 7) is 6.12. The second kappa shape index (κ2) is 10.8. The number of hydrogen-bond donors (Lipinski definition) is 3. The minimum Gasteiger partial charge on any atom is -0.496 e. The molecule has 11 heteroatoms. The molecule has 3 N–H and O–H groups in total. The lowest BCUT2D eigenvalue weighted by molar-refractivity contribution is 0.0941. The first-order valence-electron chi connectivity index (χ1n) is 9.45. The first-order chi connectivity index (χ1) is 14.6. The summed E-state index contributed by atoms with van der Waals surface area (Å²) in [6.07, 6.45) is 0. The molecule has 31 heavy (non-hydrogen) atoms. The molecule has 0 unspecified atom stereocenters. The number of methoxy groups -OCH3 is 1. The van der Waals surface area contributed by atoms with E-state index in [9.17, 15) is 13.2 Å². The smallest absolute Gasteiger partial charge is 0.273 e. The van der Waals surface area contributed by atoms with Crippen LogP contribution in [0.5, 0.6) is 5.75 Å². The highest BCUT2D eigenvalue weighted by molar-refractivity contribution is 7.89. The molecule has 0 heterocycles. The van der Waals surface area contributed by atoms with Crippen molar-refractivity contribution in [2.45, 2.75) is 25.7 Å². The van der Waals surface area contributed by atoms with Gasteiger partial charge >= 0.3 is 0 Å². The van der Waals surface area contributed by atoms with E-state index >= 15 is 0 Å². The largest absolute Gasteiger partial charge is 0.496 e. The Bertz CT molecular complexity index is 1070. The highest BCUT2D eigenvalue weighted by Crippen LogP contribution is 2.24. The summed E-state index contributed by atoms with van der Waals surface area (Å²) in [4.78, 5) is 12.6. The molecule has 0 radical (unpaired) electrons. The van der Waals surface area contributed by atoms with Crippen LogP contribution in [0.3, 0.4) is 0 Å². The van der Waals surface area contributed by atoms with Gasteiger partial charge < -0.3 is 10.1 Å². The van der Waals surface area contributed by atoms with E-state index in [1.807, 2.05) is 6.92 Å². The molecule has 8 nitrogen and oxygen atoms in total. The summed E-state index contributed by atoms with van der Waals surface area (Å²) in [5.41, 5.74) is 6.57. The van der Waals surface area contributed by atoms with Crippen LogP contribution in [0.4, 0.5) is 5.69 Å². The normalized spacial score (nSPS) is 11.2. The van der Waals surface area contributed by atoms with E-state index in [1.54, 1.807) is 38.1 Å². The van der Waals surface area contributed by atoms with Crippen molar-refractivity contribution in [3.8, 4) is 5.75 Å². The van der Waals surface area contributed by atoms with Crippen molar-refractivity contribution in [1.82, 2.24) is 15.2 Å². The molecule has 0 saturated heterocycles. The summed E-state index contributed by atoms with van der Waals surface area (Å²) in [6, 6.07) is 9.42. The van der Waals surface area contributed by atoms with E-state index in [1.165, 1.54) is 23.5 Å². The lowest BCUT2D eigenvalue weighted by Gasteiger charge is -2.20. The first-order valence-corrected chi connectivity index (χ1v) is 11.7. The molecule has 0 fully saturated rings. The lowest BCUT2D eigenvalue weighted by atomic mass is 10.2. The fourth-order valence-electron chi connectivity index (χ4n) is 2.80. The van der Waals surface area contributed by atoms with E-state index < -0.39 is 15.9 Å². The van der Waals surface area contributed by atoms with Crippen molar-refractivity contribution in [3.05, 3.63) is 52.5 Å². The van der Waals surface area contributed by atoms with Crippen molar-refractivity contribution in [1.29, 1.82) is 0 Å². The monoisotopic (exact) mass is 484 g/mol. The van der Waals surface area contributed by atoms with Gasteiger partial charge in [-0.15, -0.1) is 0 Å². The van der Waals surface area contributed by atoms with Gasteiger partial charge in [0.1, 0.15) is 5.75 Å². The van der Waals surface area contributed by atoms with Gasteiger partial charge in [0, 0.05) is 23.8 Å². The molecule has 2 rings (SSSR count). The average Bonchev–Trinajstić information content (AvgIpc) is 2.74. The van der Waals surface area contributed by atoms with Crippen molar-refractivity contribution in [2.24, 2.45) is 0 Å². The third kappa shape index (κ3) is 6.07. The maximum atomic E-state index is 12.8. The van der Waals surface area contributed by atoms with Gasteiger partial charge in [-0.3, -0.25) is 15.6 Å². The molecule has 0 aromatic heterocycles.